The van der Waals surface area contributed by atoms with E-state index in [4.69, 9.17) is 15.6 Å². The molecule has 1 aliphatic heterocycles. The first-order valence-electron chi connectivity index (χ1n) is 9.77. The molecule has 2 aromatic carbocycles. The Morgan fingerprint density at radius 2 is 2.00 bits per heavy atom. The van der Waals surface area contributed by atoms with Gasteiger partial charge in [0.2, 0.25) is 5.91 Å². The second-order valence-electron chi connectivity index (χ2n) is 7.20. The summed E-state index contributed by atoms with van der Waals surface area (Å²) in [5.74, 6) is -0.0468. The molecule has 0 atom stereocenters. The fourth-order valence-electron chi connectivity index (χ4n) is 3.22. The summed E-state index contributed by atoms with van der Waals surface area (Å²) in [6, 6.07) is 15.3. The Kier molecular flexibility index (Phi) is 6.90. The summed E-state index contributed by atoms with van der Waals surface area (Å²) < 4.78 is 5.78. The summed E-state index contributed by atoms with van der Waals surface area (Å²) in [7, 11) is 1.80. The van der Waals surface area contributed by atoms with Crippen LogP contribution in [-0.4, -0.2) is 52.9 Å². The van der Waals surface area contributed by atoms with E-state index >= 15 is 0 Å². The van der Waals surface area contributed by atoms with Crippen molar-refractivity contribution in [1.82, 2.24) is 9.80 Å². The number of hydrogen-bond donors (Lipinski definition) is 2. The van der Waals surface area contributed by atoms with Gasteiger partial charge in [-0.25, -0.2) is 4.99 Å². The van der Waals surface area contributed by atoms with E-state index in [0.29, 0.717) is 44.0 Å². The number of nitrogens with zero attached hydrogens (tertiary/aromatic N) is 3. The van der Waals surface area contributed by atoms with Crippen molar-refractivity contribution in [2.24, 2.45) is 10.7 Å². The Balaban J connectivity index is 1.47. The van der Waals surface area contributed by atoms with Crippen LogP contribution in [0.4, 0.5) is 5.69 Å². The largest absolute Gasteiger partial charge is 0.494 e. The Labute approximate surface area is 175 Å². The average Bonchev–Trinajstić information content (AvgIpc) is 2.72. The Morgan fingerprint density at radius 3 is 2.73 bits per heavy atom. The van der Waals surface area contributed by atoms with Crippen LogP contribution in [0.25, 0.3) is 0 Å². The second-order valence-corrected chi connectivity index (χ2v) is 7.20. The van der Waals surface area contributed by atoms with Crippen LogP contribution in [0.15, 0.2) is 53.5 Å². The maximum absolute atomic E-state index is 12.3. The van der Waals surface area contributed by atoms with Gasteiger partial charge in [-0.15, -0.1) is 0 Å². The molecule has 0 spiro atoms. The van der Waals surface area contributed by atoms with E-state index in [1.54, 1.807) is 24.1 Å². The van der Waals surface area contributed by atoms with Gasteiger partial charge in [0.25, 0.3) is 0 Å². The number of carboxylic acids is 1. The lowest BCUT2D eigenvalue weighted by Gasteiger charge is -2.26. The van der Waals surface area contributed by atoms with Gasteiger partial charge in [0.15, 0.2) is 5.96 Å². The number of nitrogens with two attached hydrogens (primary N) is 1. The molecule has 0 saturated carbocycles. The van der Waals surface area contributed by atoms with Gasteiger partial charge >= 0.3 is 5.97 Å². The van der Waals surface area contributed by atoms with Gasteiger partial charge in [-0.05, 0) is 30.2 Å². The van der Waals surface area contributed by atoms with E-state index in [0.717, 1.165) is 11.1 Å². The first-order valence-corrected chi connectivity index (χ1v) is 9.77. The standard InChI is InChI=1S/C22H26N4O4/c1-25(13-16-6-3-2-4-7-16)20(27)8-5-11-30-18-9-10-19-17(12-18)14-26(15-21(28)29)22(23)24-19/h2-4,6-7,9-10,12H,5,8,11,13-15H2,1H3,(H2,23,24)(H,28,29). The average molecular weight is 410 g/mol. The Morgan fingerprint density at radius 1 is 1.23 bits per heavy atom. The highest BCUT2D eigenvalue weighted by molar-refractivity contribution is 5.86. The predicted molar refractivity (Wildman–Crippen MR) is 113 cm³/mol. The minimum atomic E-state index is -0.967. The first-order chi connectivity index (χ1) is 14.4. The third-order valence-corrected chi connectivity index (χ3v) is 4.79. The number of carboxylic acid groups (broad SMARTS) is 1. The number of rotatable bonds is 9. The van der Waals surface area contributed by atoms with Crippen LogP contribution < -0.4 is 10.5 Å². The number of amides is 1. The zero-order chi connectivity index (χ0) is 21.5. The Bertz CT molecular complexity index is 930. The lowest BCUT2D eigenvalue weighted by molar-refractivity contribution is -0.137. The number of ether oxygens (including phenoxy) is 1. The van der Waals surface area contributed by atoms with E-state index in [-0.39, 0.29) is 18.4 Å². The molecular weight excluding hydrogens is 384 g/mol. The van der Waals surface area contributed by atoms with Gasteiger partial charge in [-0.2, -0.15) is 0 Å². The molecule has 1 amide bonds. The van der Waals surface area contributed by atoms with E-state index in [1.165, 1.54) is 4.90 Å². The molecule has 0 bridgehead atoms. The number of aliphatic imine (C=N–C) groups is 1. The summed E-state index contributed by atoms with van der Waals surface area (Å²) >= 11 is 0. The van der Waals surface area contributed by atoms with Gasteiger partial charge in [-0.1, -0.05) is 30.3 Å². The van der Waals surface area contributed by atoms with Crippen molar-refractivity contribution in [1.29, 1.82) is 0 Å². The zero-order valence-corrected chi connectivity index (χ0v) is 17.0. The van der Waals surface area contributed by atoms with Crippen LogP contribution in [-0.2, 0) is 22.7 Å². The molecule has 0 aromatic heterocycles. The molecule has 8 nitrogen and oxygen atoms in total. The van der Waals surface area contributed by atoms with Crippen molar-refractivity contribution in [3.63, 3.8) is 0 Å². The number of benzene rings is 2. The quantitative estimate of drug-likeness (QED) is 0.615. The Hall–Kier alpha value is -3.55. The van der Waals surface area contributed by atoms with Crippen LogP contribution in [0.1, 0.15) is 24.0 Å². The molecule has 30 heavy (non-hydrogen) atoms. The van der Waals surface area contributed by atoms with Gasteiger partial charge in [0.05, 0.1) is 12.3 Å². The number of hydrogen-bond acceptors (Lipinski definition) is 6. The maximum Gasteiger partial charge on any atom is 0.323 e. The third kappa shape index (κ3) is 5.73. The van der Waals surface area contributed by atoms with Crippen LogP contribution in [0, 0.1) is 0 Å². The second kappa shape index (κ2) is 9.78. The third-order valence-electron chi connectivity index (χ3n) is 4.79. The van der Waals surface area contributed by atoms with E-state index in [1.807, 2.05) is 36.4 Å². The van der Waals surface area contributed by atoms with Gasteiger partial charge < -0.3 is 25.4 Å². The normalized spacial score (nSPS) is 12.7. The van der Waals surface area contributed by atoms with Crippen molar-refractivity contribution in [3.05, 3.63) is 59.7 Å². The molecule has 1 aliphatic rings. The summed E-state index contributed by atoms with van der Waals surface area (Å²) in [5, 5.41) is 8.99. The molecule has 0 fully saturated rings. The van der Waals surface area contributed by atoms with Crippen molar-refractivity contribution in [2.45, 2.75) is 25.9 Å². The maximum atomic E-state index is 12.3. The molecule has 8 heteroatoms. The summed E-state index contributed by atoms with van der Waals surface area (Å²) in [4.78, 5) is 30.7. The minimum absolute atomic E-state index is 0.0713. The molecule has 1 heterocycles. The number of guanidine groups is 1. The fraction of sp³-hybridized carbons (Fsp3) is 0.318. The number of carbonyl (C=O) groups is 2. The lowest BCUT2D eigenvalue weighted by atomic mass is 10.1. The van der Waals surface area contributed by atoms with Crippen molar-refractivity contribution >= 4 is 23.5 Å². The monoisotopic (exact) mass is 410 g/mol. The molecule has 0 aliphatic carbocycles. The van der Waals surface area contributed by atoms with Crippen LogP contribution >= 0.6 is 0 Å². The molecule has 0 unspecified atom stereocenters. The van der Waals surface area contributed by atoms with Crippen LogP contribution in [0.2, 0.25) is 0 Å². The van der Waals surface area contributed by atoms with Crippen LogP contribution in [0.5, 0.6) is 5.75 Å². The summed E-state index contributed by atoms with van der Waals surface area (Å²) in [5.41, 5.74) is 8.48. The molecule has 0 saturated heterocycles. The smallest absolute Gasteiger partial charge is 0.323 e. The molecule has 3 N–H and O–H groups in total. The van der Waals surface area contributed by atoms with E-state index < -0.39 is 5.97 Å². The van der Waals surface area contributed by atoms with Crippen molar-refractivity contribution < 1.29 is 19.4 Å². The highest BCUT2D eigenvalue weighted by atomic mass is 16.5. The first kappa shape index (κ1) is 21.2. The highest BCUT2D eigenvalue weighted by Crippen LogP contribution is 2.29. The molecule has 3 rings (SSSR count). The van der Waals surface area contributed by atoms with Crippen molar-refractivity contribution in [2.75, 3.05) is 20.2 Å². The van der Waals surface area contributed by atoms with Gasteiger partial charge in [0, 0.05) is 32.1 Å². The highest BCUT2D eigenvalue weighted by Gasteiger charge is 2.20. The fourth-order valence-corrected chi connectivity index (χ4v) is 3.22. The zero-order valence-electron chi connectivity index (χ0n) is 17.0. The van der Waals surface area contributed by atoms with Crippen LogP contribution in [0.3, 0.4) is 0 Å². The topological polar surface area (TPSA) is 108 Å². The summed E-state index contributed by atoms with van der Waals surface area (Å²) in [6.45, 7) is 1.14. The summed E-state index contributed by atoms with van der Waals surface area (Å²) in [6.07, 6.45) is 1.01. The number of carbonyl (C=O) groups excluding carboxylic acids is 1. The minimum Gasteiger partial charge on any atom is -0.494 e. The number of aliphatic carboxylic acids is 1. The van der Waals surface area contributed by atoms with E-state index in [9.17, 15) is 9.59 Å². The number of fused-ring (bicyclic) bond motifs is 1. The molecule has 2 aromatic rings. The van der Waals surface area contributed by atoms with Gasteiger partial charge in [-0.3, -0.25) is 9.59 Å². The predicted octanol–water partition coefficient (Wildman–Crippen LogP) is 2.35. The molecular formula is C22H26N4O4. The van der Waals surface area contributed by atoms with E-state index in [2.05, 4.69) is 4.99 Å². The molecule has 0 radical (unpaired) electrons. The SMILES string of the molecule is CN(Cc1ccccc1)C(=O)CCCOc1ccc2c(c1)CN(CC(=O)O)C(N)=N2. The van der Waals surface area contributed by atoms with Gasteiger partial charge in [0.1, 0.15) is 12.3 Å². The molecule has 158 valence electrons. The van der Waals surface area contributed by atoms with Crippen molar-refractivity contribution in [3.8, 4) is 5.75 Å². The lowest BCUT2D eigenvalue weighted by Crippen LogP contribution is -2.41.